The van der Waals surface area contributed by atoms with Gasteiger partial charge in [0.2, 0.25) is 0 Å². The molecule has 0 heterocycles. The Morgan fingerprint density at radius 3 is 0.969 bits per heavy atom. The van der Waals surface area contributed by atoms with Crippen molar-refractivity contribution < 1.29 is 28.6 Å². The molecule has 6 nitrogen and oxygen atoms in total. The van der Waals surface area contributed by atoms with Gasteiger partial charge in [-0.15, -0.1) is 0 Å². The molecule has 0 aromatic carbocycles. The summed E-state index contributed by atoms with van der Waals surface area (Å²) in [6, 6.07) is 0. The second-order valence-corrected chi connectivity index (χ2v) is 15.2. The number of carbonyl (C=O) groups is 3. The normalized spacial score (nSPS) is 13.6. The predicted octanol–water partition coefficient (Wildman–Crippen LogP) is 16.0. The van der Waals surface area contributed by atoms with Gasteiger partial charge in [0.25, 0.3) is 0 Å². The van der Waals surface area contributed by atoms with E-state index < -0.39 is 6.10 Å². The highest BCUT2D eigenvalue weighted by Gasteiger charge is 2.19. The van der Waals surface area contributed by atoms with Crippen molar-refractivity contribution in [2.45, 2.75) is 162 Å². The molecule has 0 aliphatic carbocycles. The topological polar surface area (TPSA) is 78.9 Å². The molecule has 0 rings (SSSR count). The van der Waals surface area contributed by atoms with Crippen LogP contribution in [0.4, 0.5) is 0 Å². The molecule has 0 saturated carbocycles. The number of carbonyl (C=O) groups excluding carboxylic acids is 3. The zero-order valence-corrected chi connectivity index (χ0v) is 40.0. The van der Waals surface area contributed by atoms with Gasteiger partial charge in [-0.25, -0.2) is 0 Å². The van der Waals surface area contributed by atoms with Gasteiger partial charge in [-0.3, -0.25) is 14.4 Å². The summed E-state index contributed by atoms with van der Waals surface area (Å²) in [4.78, 5) is 37.9. The average molecular weight is 877 g/mol. The van der Waals surface area contributed by atoms with Gasteiger partial charge in [0.05, 0.1) is 0 Å². The Bertz CT molecular complexity index is 1570. The first-order valence-electron chi connectivity index (χ1n) is 24.3. The van der Waals surface area contributed by atoms with Gasteiger partial charge < -0.3 is 14.2 Å². The summed E-state index contributed by atoms with van der Waals surface area (Å²) in [7, 11) is 0. The minimum absolute atomic E-state index is 0.132. The van der Waals surface area contributed by atoms with Crippen LogP contribution in [0.2, 0.25) is 0 Å². The predicted molar refractivity (Wildman–Crippen MR) is 274 cm³/mol. The Kier molecular flexibility index (Phi) is 46.3. The molecular weight excluding hydrogens is 793 g/mol. The van der Waals surface area contributed by atoms with Crippen LogP contribution in [0.25, 0.3) is 0 Å². The number of hydrogen-bond donors (Lipinski definition) is 0. The van der Waals surface area contributed by atoms with Crippen molar-refractivity contribution in [3.8, 4) is 0 Å². The van der Waals surface area contributed by atoms with Crippen molar-refractivity contribution in [1.29, 1.82) is 0 Å². The number of hydrogen-bond acceptors (Lipinski definition) is 6. The van der Waals surface area contributed by atoms with E-state index in [-0.39, 0.29) is 44.0 Å². The van der Waals surface area contributed by atoms with E-state index in [2.05, 4.69) is 69.4 Å². The quantitative estimate of drug-likeness (QED) is 0.0264. The standard InChI is InChI=1S/C58H84O6/c1-4-7-10-13-16-19-22-25-27-28-29-31-33-36-39-42-45-48-51-57(60)63-54-55(53-62-56(59)50-47-44-41-38-35-32-24-21-18-15-12-9-6-3)64-58(61)52-49-46-43-40-37-34-30-26-23-20-17-14-11-8-5-2/h8-32,34-35,37,55H,4-7,33,36,38-54H2,1-3H3/b11-8-,12-9-,13-10-,17-14-,18-15-,19-16-,23-20-,24-21-,25-22-,28-27-,30-26-,31-29-,35-32-,37-34-. The Balaban J connectivity index is 4.63. The molecule has 0 aliphatic heterocycles. The van der Waals surface area contributed by atoms with Crippen LogP contribution in [0.15, 0.2) is 170 Å². The zero-order valence-electron chi connectivity index (χ0n) is 40.0. The largest absolute Gasteiger partial charge is 0.462 e. The van der Waals surface area contributed by atoms with Crippen LogP contribution < -0.4 is 0 Å². The van der Waals surface area contributed by atoms with E-state index >= 15 is 0 Å². The lowest BCUT2D eigenvalue weighted by molar-refractivity contribution is -0.167. The van der Waals surface area contributed by atoms with E-state index in [1.807, 2.05) is 122 Å². The minimum atomic E-state index is -0.836. The van der Waals surface area contributed by atoms with Crippen LogP contribution in [0.5, 0.6) is 0 Å². The Hall–Kier alpha value is -5.23. The van der Waals surface area contributed by atoms with Crippen LogP contribution in [-0.4, -0.2) is 37.2 Å². The first kappa shape index (κ1) is 58.8. The number of unbranched alkanes of at least 4 members (excludes halogenated alkanes) is 12. The fourth-order valence-electron chi connectivity index (χ4n) is 5.68. The Morgan fingerprint density at radius 2 is 0.609 bits per heavy atom. The molecule has 6 heteroatoms. The van der Waals surface area contributed by atoms with E-state index in [0.717, 1.165) is 96.3 Å². The van der Waals surface area contributed by atoms with Gasteiger partial charge in [0, 0.05) is 19.3 Å². The first-order valence-corrected chi connectivity index (χ1v) is 24.3. The highest BCUT2D eigenvalue weighted by atomic mass is 16.6. The maximum atomic E-state index is 12.8. The molecule has 0 N–H and O–H groups in total. The molecule has 0 spiro atoms. The first-order chi connectivity index (χ1) is 31.5. The summed E-state index contributed by atoms with van der Waals surface area (Å²) >= 11 is 0. The molecule has 1 atom stereocenters. The lowest BCUT2D eigenvalue weighted by Crippen LogP contribution is -2.30. The molecule has 0 aromatic heterocycles. The minimum Gasteiger partial charge on any atom is -0.462 e. The molecule has 0 fully saturated rings. The third-order valence-corrected chi connectivity index (χ3v) is 9.27. The molecule has 0 bridgehead atoms. The van der Waals surface area contributed by atoms with Gasteiger partial charge in [0.1, 0.15) is 13.2 Å². The van der Waals surface area contributed by atoms with E-state index in [1.54, 1.807) is 0 Å². The maximum absolute atomic E-state index is 12.8. The summed E-state index contributed by atoms with van der Waals surface area (Å²) in [5.41, 5.74) is 0. The summed E-state index contributed by atoms with van der Waals surface area (Å²) in [6.45, 7) is 6.13. The molecule has 352 valence electrons. The monoisotopic (exact) mass is 877 g/mol. The fourth-order valence-corrected chi connectivity index (χ4v) is 5.68. The highest BCUT2D eigenvalue weighted by molar-refractivity contribution is 5.71. The Morgan fingerprint density at radius 1 is 0.328 bits per heavy atom. The van der Waals surface area contributed by atoms with E-state index in [9.17, 15) is 14.4 Å². The number of allylic oxidation sites excluding steroid dienone is 28. The summed E-state index contributed by atoms with van der Waals surface area (Å²) in [5, 5.41) is 0. The maximum Gasteiger partial charge on any atom is 0.306 e. The van der Waals surface area contributed by atoms with Gasteiger partial charge in [-0.05, 0) is 77.0 Å². The van der Waals surface area contributed by atoms with Crippen molar-refractivity contribution in [3.63, 3.8) is 0 Å². The SMILES string of the molecule is CC\C=C/C=C\C=C/C=C\C=C/CCCCCC(=O)OC(COC(=O)CCCCC\C=C/C=C\C=C/C=C\CC)COC(=O)CCCCCCC\C=C/C=C\C=C/C=C\C=C/CCC. The van der Waals surface area contributed by atoms with Gasteiger partial charge in [-0.2, -0.15) is 0 Å². The third-order valence-electron chi connectivity index (χ3n) is 9.27. The smallest absolute Gasteiger partial charge is 0.306 e. The van der Waals surface area contributed by atoms with Crippen molar-refractivity contribution in [2.24, 2.45) is 0 Å². The summed E-state index contributed by atoms with van der Waals surface area (Å²) < 4.78 is 16.7. The van der Waals surface area contributed by atoms with E-state index in [4.69, 9.17) is 14.2 Å². The fraction of sp³-hybridized carbons (Fsp3) is 0.466. The van der Waals surface area contributed by atoms with Gasteiger partial charge >= 0.3 is 17.9 Å². The van der Waals surface area contributed by atoms with Crippen LogP contribution in [0, 0.1) is 0 Å². The van der Waals surface area contributed by atoms with Crippen LogP contribution >= 0.6 is 0 Å². The second kappa shape index (κ2) is 50.4. The highest BCUT2D eigenvalue weighted by Crippen LogP contribution is 2.11. The lowest BCUT2D eigenvalue weighted by atomic mass is 10.1. The molecule has 0 saturated heterocycles. The molecule has 0 radical (unpaired) electrons. The molecular formula is C58H84O6. The van der Waals surface area contributed by atoms with E-state index in [0.29, 0.717) is 19.3 Å². The number of rotatable bonds is 40. The molecule has 64 heavy (non-hydrogen) atoms. The summed E-state index contributed by atoms with van der Waals surface area (Å²) in [6.07, 6.45) is 74.7. The molecule has 0 aromatic rings. The third kappa shape index (κ3) is 47.8. The second-order valence-electron chi connectivity index (χ2n) is 15.2. The van der Waals surface area contributed by atoms with Gasteiger partial charge in [0.15, 0.2) is 6.10 Å². The van der Waals surface area contributed by atoms with Crippen molar-refractivity contribution in [1.82, 2.24) is 0 Å². The average Bonchev–Trinajstić information content (AvgIpc) is 3.29. The van der Waals surface area contributed by atoms with Crippen molar-refractivity contribution in [2.75, 3.05) is 13.2 Å². The Labute approximate surface area is 390 Å². The van der Waals surface area contributed by atoms with Crippen LogP contribution in [0.3, 0.4) is 0 Å². The van der Waals surface area contributed by atoms with Crippen molar-refractivity contribution >= 4 is 17.9 Å². The lowest BCUT2D eigenvalue weighted by Gasteiger charge is -2.18. The summed E-state index contributed by atoms with van der Waals surface area (Å²) in [5.74, 6) is -1.06. The van der Waals surface area contributed by atoms with Crippen LogP contribution in [-0.2, 0) is 28.6 Å². The zero-order chi connectivity index (χ0) is 46.5. The number of esters is 3. The van der Waals surface area contributed by atoms with Crippen molar-refractivity contribution in [3.05, 3.63) is 170 Å². The van der Waals surface area contributed by atoms with E-state index in [1.165, 1.54) is 6.42 Å². The molecule has 0 aliphatic rings. The molecule has 1 unspecified atom stereocenters. The van der Waals surface area contributed by atoms with Gasteiger partial charge in [-0.1, -0.05) is 229 Å². The molecule has 0 amide bonds. The number of ether oxygens (including phenoxy) is 3. The van der Waals surface area contributed by atoms with Crippen LogP contribution in [0.1, 0.15) is 156 Å².